The van der Waals surface area contributed by atoms with E-state index in [4.69, 9.17) is 25.9 Å². The number of hydrogen-bond donors (Lipinski definition) is 1. The molecule has 1 saturated heterocycles. The number of benzene rings is 2. The first-order chi connectivity index (χ1) is 19.1. The predicted octanol–water partition coefficient (Wildman–Crippen LogP) is 5.00. The molecule has 8 heteroatoms. The second-order valence-electron chi connectivity index (χ2n) is 6.37. The number of nitrogens with one attached hydrogen (secondary N) is 1. The fraction of sp³-hybridized carbons (Fsp3) is 0.364. The lowest BCUT2D eigenvalue weighted by atomic mass is 9.98. The predicted molar refractivity (Wildman–Crippen MR) is 119 cm³/mol. The molecular formula is C22H24BrFN4O2. The van der Waals surface area contributed by atoms with Gasteiger partial charge >= 0.3 is 0 Å². The van der Waals surface area contributed by atoms with Crippen LogP contribution in [0.1, 0.15) is 29.3 Å². The van der Waals surface area contributed by atoms with Crippen molar-refractivity contribution in [1.29, 1.82) is 0 Å². The number of hydrogen-bond acceptors (Lipinski definition) is 6. The van der Waals surface area contributed by atoms with E-state index in [9.17, 15) is 4.39 Å². The number of halogens is 2. The van der Waals surface area contributed by atoms with Crippen LogP contribution in [0.3, 0.4) is 0 Å². The van der Waals surface area contributed by atoms with E-state index < -0.39 is 69.6 Å². The molecule has 0 bridgehead atoms. The number of piperidine rings is 1. The minimum absolute atomic E-state index is 0.0418. The Bertz CT molecular complexity index is 1470. The Hall–Kier alpha value is -2.45. The molecule has 158 valence electrons. The molecule has 2 heterocycles. The number of likely N-dealkylation sites (tertiary alicyclic amines) is 1. The fourth-order valence-electron chi connectivity index (χ4n) is 2.80. The molecule has 0 atom stereocenters. The van der Waals surface area contributed by atoms with Crippen molar-refractivity contribution in [3.63, 3.8) is 0 Å². The summed E-state index contributed by atoms with van der Waals surface area (Å²) < 4.78 is 121. The SMILES string of the molecule is [2H]C([2H])([2H])Oc1cc2c(Nc3ccc(Br)cc3F)ncnc2cc1OC([2H])([2H])C1CC([2H])([2H])N(C([2H])([2H])[2H])C([2H])([2H])C1. The molecule has 0 radical (unpaired) electrons. The fourth-order valence-corrected chi connectivity index (χ4v) is 3.14. The first-order valence-electron chi connectivity index (χ1n) is 14.8. The maximum Gasteiger partial charge on any atom is 0.163 e. The van der Waals surface area contributed by atoms with E-state index >= 15 is 0 Å². The third-order valence-electron chi connectivity index (χ3n) is 4.32. The monoisotopic (exact) mass is 486 g/mol. The maximum atomic E-state index is 14.5. The van der Waals surface area contributed by atoms with Crippen LogP contribution in [0.5, 0.6) is 11.5 Å². The minimum Gasteiger partial charge on any atom is -0.493 e. The van der Waals surface area contributed by atoms with Gasteiger partial charge in [0.1, 0.15) is 18.0 Å². The first-order valence-corrected chi connectivity index (χ1v) is 9.58. The van der Waals surface area contributed by atoms with E-state index in [1.807, 2.05) is 0 Å². The Morgan fingerprint density at radius 3 is 2.93 bits per heavy atom. The summed E-state index contributed by atoms with van der Waals surface area (Å²) in [5, 5.41) is 2.95. The molecule has 0 spiro atoms. The molecule has 1 aliphatic heterocycles. The van der Waals surface area contributed by atoms with Crippen LogP contribution >= 0.6 is 15.9 Å². The van der Waals surface area contributed by atoms with Gasteiger partial charge in [-0.25, -0.2) is 14.4 Å². The molecule has 1 aromatic heterocycles. The van der Waals surface area contributed by atoms with Crippen LogP contribution < -0.4 is 14.8 Å². The van der Waals surface area contributed by atoms with Crippen molar-refractivity contribution in [3.8, 4) is 11.5 Å². The van der Waals surface area contributed by atoms with E-state index in [1.54, 1.807) is 6.07 Å². The molecule has 0 amide bonds. The van der Waals surface area contributed by atoms with Crippen LogP contribution in [-0.2, 0) is 0 Å². The highest BCUT2D eigenvalue weighted by molar-refractivity contribution is 9.10. The van der Waals surface area contributed by atoms with Gasteiger partial charge < -0.3 is 19.7 Å². The van der Waals surface area contributed by atoms with Crippen LogP contribution in [0.25, 0.3) is 10.9 Å². The summed E-state index contributed by atoms with van der Waals surface area (Å²) in [4.78, 5) is 8.29. The van der Waals surface area contributed by atoms with E-state index in [1.165, 1.54) is 12.1 Å². The van der Waals surface area contributed by atoms with Crippen molar-refractivity contribution in [3.05, 3.63) is 46.9 Å². The molecule has 0 unspecified atom stereocenters. The molecular weight excluding hydrogens is 451 g/mol. The van der Waals surface area contributed by atoms with Crippen molar-refractivity contribution >= 4 is 38.3 Å². The Labute approximate surface area is 200 Å². The van der Waals surface area contributed by atoms with Crippen LogP contribution in [0.4, 0.5) is 15.9 Å². The zero-order valence-electron chi connectivity index (χ0n) is 27.4. The van der Waals surface area contributed by atoms with E-state index in [0.29, 0.717) is 4.47 Å². The van der Waals surface area contributed by atoms with E-state index in [0.717, 1.165) is 18.5 Å². The number of fused-ring (bicyclic) bond motifs is 1. The molecule has 0 saturated carbocycles. The standard InChI is InChI=1S/C22H24BrFN4O2/c1-28-7-5-14(6-8-28)12-30-21-11-19-16(10-20(21)29-2)22(26-13-25-19)27-18-4-3-15(23)9-17(18)24/h3-4,9-11,13-14H,5-8,12H2,1-2H3,(H,25,26,27)/i1D3,2D3,7D2,8D2,12D2. The summed E-state index contributed by atoms with van der Waals surface area (Å²) in [6, 6.07) is 6.55. The molecule has 0 aliphatic carbocycles. The zero-order chi connectivity index (χ0) is 31.5. The van der Waals surface area contributed by atoms with Gasteiger partial charge in [0, 0.05) is 25.5 Å². The number of nitrogens with zero attached hydrogens (tertiary/aromatic N) is 3. The average molecular weight is 487 g/mol. The van der Waals surface area contributed by atoms with Crippen LogP contribution in [0.2, 0.25) is 0 Å². The van der Waals surface area contributed by atoms with Gasteiger partial charge in [-0.1, -0.05) is 15.9 Å². The smallest absolute Gasteiger partial charge is 0.163 e. The van der Waals surface area contributed by atoms with Gasteiger partial charge in [0.2, 0.25) is 0 Å². The van der Waals surface area contributed by atoms with Gasteiger partial charge in [0.15, 0.2) is 11.5 Å². The largest absolute Gasteiger partial charge is 0.493 e. The van der Waals surface area contributed by atoms with Crippen LogP contribution in [0, 0.1) is 11.7 Å². The van der Waals surface area contributed by atoms with Crippen molar-refractivity contribution in [2.75, 3.05) is 38.9 Å². The lowest BCUT2D eigenvalue weighted by Crippen LogP contribution is -2.32. The summed E-state index contributed by atoms with van der Waals surface area (Å²) >= 11 is 3.17. The van der Waals surface area contributed by atoms with Gasteiger partial charge in [0.25, 0.3) is 0 Å². The van der Waals surface area contributed by atoms with Crippen molar-refractivity contribution in [1.82, 2.24) is 14.9 Å². The normalized spacial score (nSPS) is 25.9. The highest BCUT2D eigenvalue weighted by Gasteiger charge is 2.19. The number of rotatable bonds is 6. The Balaban J connectivity index is 1.74. The summed E-state index contributed by atoms with van der Waals surface area (Å²) in [6.07, 6.45) is -0.385. The van der Waals surface area contributed by atoms with Gasteiger partial charge in [-0.05, 0) is 63.0 Å². The summed E-state index contributed by atoms with van der Waals surface area (Å²) in [5.41, 5.74) is 0.150. The zero-order valence-corrected chi connectivity index (χ0v) is 17.0. The number of methoxy groups -OCH3 is 1. The topological polar surface area (TPSA) is 59.5 Å². The summed E-state index contributed by atoms with van der Waals surface area (Å²) in [7, 11) is -3.03. The van der Waals surface area contributed by atoms with E-state index in [-0.39, 0.29) is 27.3 Å². The number of ether oxygens (including phenoxy) is 2. The molecule has 30 heavy (non-hydrogen) atoms. The first kappa shape index (κ1) is 10.7. The molecule has 1 fully saturated rings. The Kier molecular flexibility index (Phi) is 3.27. The third kappa shape index (κ3) is 4.65. The third-order valence-corrected chi connectivity index (χ3v) is 4.82. The second-order valence-corrected chi connectivity index (χ2v) is 7.28. The average Bonchev–Trinajstić information content (AvgIpc) is 2.77. The number of anilines is 2. The highest BCUT2D eigenvalue weighted by Crippen LogP contribution is 2.35. The molecule has 3 aromatic rings. The molecule has 1 N–H and O–H groups in total. The quantitative estimate of drug-likeness (QED) is 0.528. The van der Waals surface area contributed by atoms with Crippen molar-refractivity contribution < 1.29 is 30.3 Å². The Morgan fingerprint density at radius 2 is 2.17 bits per heavy atom. The Morgan fingerprint density at radius 1 is 1.30 bits per heavy atom. The molecule has 1 aliphatic rings. The molecule has 2 aromatic carbocycles. The minimum atomic E-state index is -3.14. The summed E-state index contributed by atoms with van der Waals surface area (Å²) in [5.74, 6) is -3.01. The second kappa shape index (κ2) is 9.14. The molecule has 4 rings (SSSR count). The van der Waals surface area contributed by atoms with Crippen molar-refractivity contribution in [2.45, 2.75) is 12.8 Å². The van der Waals surface area contributed by atoms with Gasteiger partial charge in [-0.3, -0.25) is 0 Å². The van der Waals surface area contributed by atoms with Gasteiger partial charge in [-0.15, -0.1) is 0 Å². The van der Waals surface area contributed by atoms with Crippen molar-refractivity contribution in [2.24, 2.45) is 5.92 Å². The van der Waals surface area contributed by atoms with Crippen LogP contribution in [-0.4, -0.2) is 48.4 Å². The number of aromatic nitrogens is 2. The lowest BCUT2D eigenvalue weighted by molar-refractivity contribution is 0.157. The summed E-state index contributed by atoms with van der Waals surface area (Å²) in [6.45, 7) is -11.6. The van der Waals surface area contributed by atoms with Gasteiger partial charge in [-0.2, -0.15) is 0 Å². The van der Waals surface area contributed by atoms with Crippen LogP contribution in [0.15, 0.2) is 41.1 Å². The van der Waals surface area contributed by atoms with E-state index in [2.05, 4.69) is 31.2 Å². The lowest BCUT2D eigenvalue weighted by Gasteiger charge is -2.28. The maximum absolute atomic E-state index is 14.5. The highest BCUT2D eigenvalue weighted by atomic mass is 79.9. The van der Waals surface area contributed by atoms with Gasteiger partial charge in [0.05, 0.1) is 31.7 Å². The molecule has 6 nitrogen and oxygen atoms in total.